The van der Waals surface area contributed by atoms with Gasteiger partial charge >= 0.3 is 0 Å². The predicted octanol–water partition coefficient (Wildman–Crippen LogP) is 2.69. The van der Waals surface area contributed by atoms with Crippen molar-refractivity contribution >= 4 is 23.0 Å². The van der Waals surface area contributed by atoms with Crippen molar-refractivity contribution in [3.05, 3.63) is 54.1 Å². The Morgan fingerprint density at radius 1 is 1.15 bits per heavy atom. The first-order chi connectivity index (χ1) is 9.76. The maximum absolute atomic E-state index is 11.8. The Morgan fingerprint density at radius 3 is 2.65 bits per heavy atom. The van der Waals surface area contributed by atoms with E-state index in [1.165, 1.54) is 5.56 Å². The minimum absolute atomic E-state index is 0.0375. The number of para-hydroxylation sites is 2. The van der Waals surface area contributed by atoms with E-state index in [4.69, 9.17) is 0 Å². The number of rotatable bonds is 3. The second-order valence-corrected chi connectivity index (χ2v) is 4.87. The van der Waals surface area contributed by atoms with Crippen LogP contribution < -0.4 is 15.5 Å². The smallest absolute Gasteiger partial charge is 0.243 e. The van der Waals surface area contributed by atoms with Gasteiger partial charge in [-0.1, -0.05) is 24.3 Å². The second-order valence-electron chi connectivity index (χ2n) is 4.87. The molecule has 1 amide bonds. The molecule has 3 rings (SSSR count). The van der Waals surface area contributed by atoms with E-state index >= 15 is 0 Å². The Hall–Kier alpha value is -2.49. The van der Waals surface area contributed by atoms with Crippen molar-refractivity contribution in [2.45, 2.75) is 6.54 Å². The van der Waals surface area contributed by atoms with Crippen LogP contribution in [0.2, 0.25) is 0 Å². The van der Waals surface area contributed by atoms with Crippen LogP contribution in [0.1, 0.15) is 5.56 Å². The fourth-order valence-corrected chi connectivity index (χ4v) is 2.44. The van der Waals surface area contributed by atoms with Gasteiger partial charge in [-0.3, -0.25) is 4.79 Å². The number of hydrogen-bond donors (Lipinski definition) is 2. The van der Waals surface area contributed by atoms with Gasteiger partial charge in [0.1, 0.15) is 0 Å². The molecule has 1 aliphatic heterocycles. The van der Waals surface area contributed by atoms with Crippen LogP contribution in [-0.2, 0) is 11.3 Å². The highest BCUT2D eigenvalue weighted by Gasteiger charge is 2.21. The van der Waals surface area contributed by atoms with Crippen molar-refractivity contribution < 1.29 is 4.79 Å². The van der Waals surface area contributed by atoms with E-state index in [1.54, 1.807) is 0 Å². The summed E-state index contributed by atoms with van der Waals surface area (Å²) in [6.07, 6.45) is 0. The number of carbonyl (C=O) groups excluding carboxylic acids is 1. The summed E-state index contributed by atoms with van der Waals surface area (Å²) >= 11 is 0. The van der Waals surface area contributed by atoms with E-state index in [2.05, 4.69) is 27.7 Å². The van der Waals surface area contributed by atoms with E-state index in [0.717, 1.165) is 23.6 Å². The largest absolute Gasteiger partial charge is 0.388 e. The van der Waals surface area contributed by atoms with Gasteiger partial charge in [-0.15, -0.1) is 0 Å². The van der Waals surface area contributed by atoms with Crippen molar-refractivity contribution in [2.75, 3.05) is 29.1 Å². The minimum atomic E-state index is 0.0375. The SMILES string of the molecule is CNc1ccc(CN2CC(=O)Nc3ccccc32)cc1. The van der Waals surface area contributed by atoms with Gasteiger partial charge in [0.05, 0.1) is 17.9 Å². The van der Waals surface area contributed by atoms with Crippen LogP contribution in [-0.4, -0.2) is 19.5 Å². The second kappa shape index (κ2) is 5.25. The number of anilines is 3. The Morgan fingerprint density at radius 2 is 1.90 bits per heavy atom. The van der Waals surface area contributed by atoms with Crippen LogP contribution in [0, 0.1) is 0 Å². The first-order valence-electron chi connectivity index (χ1n) is 6.67. The molecule has 2 aromatic carbocycles. The predicted molar refractivity (Wildman–Crippen MR) is 82.1 cm³/mol. The molecule has 0 saturated carbocycles. The van der Waals surface area contributed by atoms with Crippen molar-refractivity contribution in [2.24, 2.45) is 0 Å². The molecule has 20 heavy (non-hydrogen) atoms. The Kier molecular flexibility index (Phi) is 3.29. The summed E-state index contributed by atoms with van der Waals surface area (Å²) in [4.78, 5) is 13.9. The molecule has 0 fully saturated rings. The molecule has 2 N–H and O–H groups in total. The van der Waals surface area contributed by atoms with Gasteiger partial charge in [0.2, 0.25) is 5.91 Å². The molecule has 1 heterocycles. The van der Waals surface area contributed by atoms with Crippen LogP contribution in [0.15, 0.2) is 48.5 Å². The molecule has 0 aliphatic carbocycles. The molecule has 4 nitrogen and oxygen atoms in total. The molecule has 0 radical (unpaired) electrons. The highest BCUT2D eigenvalue weighted by molar-refractivity contribution is 6.01. The number of benzene rings is 2. The zero-order valence-electron chi connectivity index (χ0n) is 11.4. The van der Waals surface area contributed by atoms with Gasteiger partial charge in [0, 0.05) is 19.3 Å². The van der Waals surface area contributed by atoms with Crippen LogP contribution in [0.3, 0.4) is 0 Å². The number of carbonyl (C=O) groups is 1. The van der Waals surface area contributed by atoms with Crippen molar-refractivity contribution in [1.29, 1.82) is 0 Å². The van der Waals surface area contributed by atoms with Crippen LogP contribution >= 0.6 is 0 Å². The summed E-state index contributed by atoms with van der Waals surface area (Å²) in [5.74, 6) is 0.0375. The molecule has 0 spiro atoms. The molecular formula is C16H17N3O. The van der Waals surface area contributed by atoms with Crippen molar-refractivity contribution in [3.63, 3.8) is 0 Å². The average molecular weight is 267 g/mol. The zero-order valence-corrected chi connectivity index (χ0v) is 11.4. The number of hydrogen-bond acceptors (Lipinski definition) is 3. The van der Waals surface area contributed by atoms with Crippen molar-refractivity contribution in [1.82, 2.24) is 0 Å². The first-order valence-corrected chi connectivity index (χ1v) is 6.67. The fraction of sp³-hybridized carbons (Fsp3) is 0.188. The van der Waals surface area contributed by atoms with E-state index in [9.17, 15) is 4.79 Å². The van der Waals surface area contributed by atoms with Gasteiger partial charge in [-0.05, 0) is 29.8 Å². The number of amides is 1. The van der Waals surface area contributed by atoms with E-state index in [-0.39, 0.29) is 5.91 Å². The lowest BCUT2D eigenvalue weighted by Gasteiger charge is -2.30. The molecule has 102 valence electrons. The molecule has 0 saturated heterocycles. The van der Waals surface area contributed by atoms with Gasteiger partial charge < -0.3 is 15.5 Å². The first kappa shape index (κ1) is 12.5. The van der Waals surface area contributed by atoms with Gasteiger partial charge in [0.15, 0.2) is 0 Å². The highest BCUT2D eigenvalue weighted by atomic mass is 16.2. The van der Waals surface area contributed by atoms with Gasteiger partial charge in [0.25, 0.3) is 0 Å². The molecule has 0 bridgehead atoms. The quantitative estimate of drug-likeness (QED) is 0.898. The topological polar surface area (TPSA) is 44.4 Å². The summed E-state index contributed by atoms with van der Waals surface area (Å²) in [5.41, 5.74) is 4.24. The maximum atomic E-state index is 11.8. The fourth-order valence-electron chi connectivity index (χ4n) is 2.44. The van der Waals surface area contributed by atoms with E-state index in [0.29, 0.717) is 6.54 Å². The summed E-state index contributed by atoms with van der Waals surface area (Å²) < 4.78 is 0. The highest BCUT2D eigenvalue weighted by Crippen LogP contribution is 2.30. The summed E-state index contributed by atoms with van der Waals surface area (Å²) in [7, 11) is 1.90. The lowest BCUT2D eigenvalue weighted by Crippen LogP contribution is -2.37. The normalized spacial score (nSPS) is 13.7. The van der Waals surface area contributed by atoms with Crippen LogP contribution in [0.4, 0.5) is 17.1 Å². The third-order valence-corrected chi connectivity index (χ3v) is 3.47. The lowest BCUT2D eigenvalue weighted by molar-refractivity contribution is -0.115. The minimum Gasteiger partial charge on any atom is -0.388 e. The molecule has 0 unspecified atom stereocenters. The van der Waals surface area contributed by atoms with E-state index < -0.39 is 0 Å². The summed E-state index contributed by atoms with van der Waals surface area (Å²) in [6, 6.07) is 16.2. The Balaban J connectivity index is 1.85. The van der Waals surface area contributed by atoms with Crippen LogP contribution in [0.5, 0.6) is 0 Å². The molecule has 0 atom stereocenters. The zero-order chi connectivity index (χ0) is 13.9. The Bertz CT molecular complexity index is 622. The third kappa shape index (κ3) is 2.45. The summed E-state index contributed by atoms with van der Waals surface area (Å²) in [6.45, 7) is 1.12. The molecule has 4 heteroatoms. The summed E-state index contributed by atoms with van der Waals surface area (Å²) in [5, 5.41) is 6.01. The van der Waals surface area contributed by atoms with Crippen molar-refractivity contribution in [3.8, 4) is 0 Å². The van der Waals surface area contributed by atoms with Gasteiger partial charge in [-0.2, -0.15) is 0 Å². The van der Waals surface area contributed by atoms with E-state index in [1.807, 2.05) is 43.4 Å². The lowest BCUT2D eigenvalue weighted by atomic mass is 10.1. The number of fused-ring (bicyclic) bond motifs is 1. The maximum Gasteiger partial charge on any atom is 0.243 e. The molecular weight excluding hydrogens is 250 g/mol. The Labute approximate surface area is 118 Å². The van der Waals surface area contributed by atoms with Gasteiger partial charge in [-0.25, -0.2) is 0 Å². The monoisotopic (exact) mass is 267 g/mol. The number of nitrogens with one attached hydrogen (secondary N) is 2. The molecule has 0 aromatic heterocycles. The molecule has 2 aromatic rings. The van der Waals surface area contributed by atoms with Crippen LogP contribution in [0.25, 0.3) is 0 Å². The number of nitrogens with zero attached hydrogens (tertiary/aromatic N) is 1. The third-order valence-electron chi connectivity index (χ3n) is 3.47. The molecule has 1 aliphatic rings. The standard InChI is InChI=1S/C16H17N3O/c1-17-13-8-6-12(7-9-13)10-19-11-16(20)18-14-4-2-3-5-15(14)19/h2-9,17H,10-11H2,1H3,(H,18,20). The average Bonchev–Trinajstić information content (AvgIpc) is 2.48.